The van der Waals surface area contributed by atoms with Gasteiger partial charge in [-0.1, -0.05) is 46.5 Å². The minimum atomic E-state index is -0.197. The molecule has 1 atom stereocenters. The van der Waals surface area contributed by atoms with Crippen molar-refractivity contribution < 1.29 is 9.59 Å². The molecule has 1 unspecified atom stereocenters. The molecule has 0 aromatic heterocycles. The molecule has 0 saturated carbocycles. The molecule has 0 bridgehead atoms. The maximum Gasteiger partial charge on any atom is 0.251 e. The van der Waals surface area contributed by atoms with Crippen molar-refractivity contribution in [2.45, 2.75) is 46.6 Å². The topological polar surface area (TPSA) is 49.4 Å². The highest BCUT2D eigenvalue weighted by molar-refractivity contribution is 5.96. The van der Waals surface area contributed by atoms with Gasteiger partial charge < -0.3 is 10.2 Å². The van der Waals surface area contributed by atoms with Crippen LogP contribution in [0.5, 0.6) is 0 Å². The van der Waals surface area contributed by atoms with E-state index in [0.29, 0.717) is 5.56 Å². The van der Waals surface area contributed by atoms with E-state index in [-0.39, 0.29) is 24.4 Å². The van der Waals surface area contributed by atoms with Crippen LogP contribution in [0, 0.1) is 27.7 Å². The first-order chi connectivity index (χ1) is 12.8. The average Bonchev–Trinajstić information content (AvgIpc) is 3.07. The highest BCUT2D eigenvalue weighted by Crippen LogP contribution is 2.32. The highest BCUT2D eigenvalue weighted by Gasteiger charge is 2.30. The van der Waals surface area contributed by atoms with E-state index in [1.54, 1.807) is 0 Å². The van der Waals surface area contributed by atoms with Gasteiger partial charge in [-0.05, 0) is 58.2 Å². The summed E-state index contributed by atoms with van der Waals surface area (Å²) in [5.74, 6) is -0.216. The molecule has 142 valence electrons. The number of rotatable bonds is 4. The van der Waals surface area contributed by atoms with Crippen LogP contribution in [0.25, 0.3) is 0 Å². The molecule has 4 heteroatoms. The molecule has 1 saturated heterocycles. The number of likely N-dealkylation sites (tertiary alicyclic amines) is 1. The van der Waals surface area contributed by atoms with Crippen molar-refractivity contribution in [1.29, 1.82) is 0 Å². The number of carbonyl (C=O) groups excluding carboxylic acids is 2. The van der Waals surface area contributed by atoms with E-state index in [1.165, 1.54) is 16.7 Å². The fourth-order valence-corrected chi connectivity index (χ4v) is 4.08. The fraction of sp³-hybridized carbons (Fsp3) is 0.391. The minimum absolute atomic E-state index is 0.0191. The van der Waals surface area contributed by atoms with Gasteiger partial charge in [0.1, 0.15) is 0 Å². The second kappa shape index (κ2) is 7.95. The lowest BCUT2D eigenvalue weighted by atomic mass is 9.99. The summed E-state index contributed by atoms with van der Waals surface area (Å²) in [4.78, 5) is 27.1. The molecule has 0 radical (unpaired) electrons. The zero-order valence-electron chi connectivity index (χ0n) is 16.6. The monoisotopic (exact) mass is 364 g/mol. The van der Waals surface area contributed by atoms with Crippen LogP contribution < -0.4 is 5.32 Å². The summed E-state index contributed by atoms with van der Waals surface area (Å²) in [6.07, 6.45) is 1.97. The quantitative estimate of drug-likeness (QED) is 0.891. The predicted octanol–water partition coefficient (Wildman–Crippen LogP) is 4.01. The van der Waals surface area contributed by atoms with Gasteiger partial charge in [-0.15, -0.1) is 0 Å². The van der Waals surface area contributed by atoms with Crippen LogP contribution in [0.3, 0.4) is 0 Å². The van der Waals surface area contributed by atoms with E-state index in [2.05, 4.69) is 37.4 Å². The normalized spacial score (nSPS) is 16.4. The Bertz CT molecular complexity index is 832. The number of carbonyl (C=O) groups is 2. The van der Waals surface area contributed by atoms with Crippen molar-refractivity contribution in [1.82, 2.24) is 10.2 Å². The van der Waals surface area contributed by atoms with Gasteiger partial charge in [0.25, 0.3) is 5.91 Å². The third-order valence-corrected chi connectivity index (χ3v) is 5.09. The third kappa shape index (κ3) is 4.57. The van der Waals surface area contributed by atoms with Gasteiger partial charge in [-0.3, -0.25) is 9.59 Å². The minimum Gasteiger partial charge on any atom is -0.343 e. The summed E-state index contributed by atoms with van der Waals surface area (Å²) in [5.41, 5.74) is 6.31. The molecule has 3 rings (SSSR count). The van der Waals surface area contributed by atoms with Crippen molar-refractivity contribution in [3.05, 3.63) is 69.8 Å². The smallest absolute Gasteiger partial charge is 0.251 e. The first-order valence-corrected chi connectivity index (χ1v) is 9.57. The van der Waals surface area contributed by atoms with E-state index < -0.39 is 0 Å². The van der Waals surface area contributed by atoms with E-state index in [0.717, 1.165) is 30.5 Å². The number of nitrogens with one attached hydrogen (secondary N) is 1. The summed E-state index contributed by atoms with van der Waals surface area (Å²) in [6.45, 7) is 8.88. The summed E-state index contributed by atoms with van der Waals surface area (Å²) < 4.78 is 0. The standard InChI is InChI=1S/C23H28N2O2/c1-15-8-16(2)11-19(10-15)21-6-5-7-25(21)22(26)14-24-23(27)20-12-17(3)9-18(4)13-20/h8-13,21H,5-7,14H2,1-4H3,(H,24,27). The number of benzene rings is 2. The van der Waals surface area contributed by atoms with Crippen LogP contribution in [0.15, 0.2) is 36.4 Å². The highest BCUT2D eigenvalue weighted by atomic mass is 16.2. The maximum absolute atomic E-state index is 12.8. The Morgan fingerprint density at radius 3 is 2.07 bits per heavy atom. The van der Waals surface area contributed by atoms with Crippen LogP contribution in [0.4, 0.5) is 0 Å². The van der Waals surface area contributed by atoms with Gasteiger partial charge in [0, 0.05) is 12.1 Å². The number of hydrogen-bond donors (Lipinski definition) is 1. The first kappa shape index (κ1) is 19.2. The van der Waals surface area contributed by atoms with Gasteiger partial charge in [0.15, 0.2) is 0 Å². The van der Waals surface area contributed by atoms with E-state index in [4.69, 9.17) is 0 Å². The van der Waals surface area contributed by atoms with Crippen LogP contribution in [-0.4, -0.2) is 29.8 Å². The molecule has 2 amide bonds. The van der Waals surface area contributed by atoms with Crippen molar-refractivity contribution in [3.8, 4) is 0 Å². The third-order valence-electron chi connectivity index (χ3n) is 5.09. The van der Waals surface area contributed by atoms with Crippen LogP contribution in [0.2, 0.25) is 0 Å². The molecular formula is C23H28N2O2. The Morgan fingerprint density at radius 1 is 0.926 bits per heavy atom. The number of amides is 2. The van der Waals surface area contributed by atoms with E-state index in [1.807, 2.05) is 36.9 Å². The Labute approximate surface area is 161 Å². The lowest BCUT2D eigenvalue weighted by molar-refractivity contribution is -0.131. The summed E-state index contributed by atoms with van der Waals surface area (Å²) in [6, 6.07) is 12.3. The summed E-state index contributed by atoms with van der Waals surface area (Å²) in [5, 5.41) is 2.79. The summed E-state index contributed by atoms with van der Waals surface area (Å²) >= 11 is 0. The molecule has 2 aromatic rings. The molecule has 1 aliphatic rings. The van der Waals surface area contributed by atoms with Crippen LogP contribution in [0.1, 0.15) is 57.1 Å². The van der Waals surface area contributed by atoms with Crippen molar-refractivity contribution >= 4 is 11.8 Å². The Kier molecular flexibility index (Phi) is 5.64. The second-order valence-corrected chi connectivity index (χ2v) is 7.73. The molecule has 1 N–H and O–H groups in total. The van der Waals surface area contributed by atoms with E-state index >= 15 is 0 Å². The number of nitrogens with zero attached hydrogens (tertiary/aromatic N) is 1. The molecule has 1 heterocycles. The number of hydrogen-bond acceptors (Lipinski definition) is 2. The van der Waals surface area contributed by atoms with Gasteiger partial charge in [-0.2, -0.15) is 0 Å². The van der Waals surface area contributed by atoms with Gasteiger partial charge >= 0.3 is 0 Å². The Balaban J connectivity index is 1.67. The Morgan fingerprint density at radius 2 is 1.48 bits per heavy atom. The lowest BCUT2D eigenvalue weighted by Crippen LogP contribution is -2.39. The number of aryl methyl sites for hydroxylation is 4. The van der Waals surface area contributed by atoms with E-state index in [9.17, 15) is 9.59 Å². The van der Waals surface area contributed by atoms with Crippen molar-refractivity contribution in [2.75, 3.05) is 13.1 Å². The van der Waals surface area contributed by atoms with Gasteiger partial charge in [0.2, 0.25) is 5.91 Å². The van der Waals surface area contributed by atoms with Gasteiger partial charge in [-0.25, -0.2) is 0 Å². The maximum atomic E-state index is 12.8. The molecular weight excluding hydrogens is 336 g/mol. The van der Waals surface area contributed by atoms with Crippen molar-refractivity contribution in [3.63, 3.8) is 0 Å². The molecule has 27 heavy (non-hydrogen) atoms. The van der Waals surface area contributed by atoms with Crippen LogP contribution in [-0.2, 0) is 4.79 Å². The zero-order chi connectivity index (χ0) is 19.6. The first-order valence-electron chi connectivity index (χ1n) is 9.57. The second-order valence-electron chi connectivity index (χ2n) is 7.73. The molecule has 0 aliphatic carbocycles. The Hall–Kier alpha value is -2.62. The molecule has 1 aliphatic heterocycles. The summed E-state index contributed by atoms with van der Waals surface area (Å²) in [7, 11) is 0. The SMILES string of the molecule is Cc1cc(C)cc(C(=O)NCC(=O)N2CCCC2c2cc(C)cc(C)c2)c1. The zero-order valence-corrected chi connectivity index (χ0v) is 16.6. The predicted molar refractivity (Wildman–Crippen MR) is 108 cm³/mol. The molecule has 4 nitrogen and oxygen atoms in total. The molecule has 1 fully saturated rings. The van der Waals surface area contributed by atoms with Gasteiger partial charge in [0.05, 0.1) is 12.6 Å². The molecule has 0 spiro atoms. The fourth-order valence-electron chi connectivity index (χ4n) is 4.08. The lowest BCUT2D eigenvalue weighted by Gasteiger charge is -2.26. The average molecular weight is 364 g/mol. The largest absolute Gasteiger partial charge is 0.343 e. The van der Waals surface area contributed by atoms with Crippen LogP contribution >= 0.6 is 0 Å². The van der Waals surface area contributed by atoms with Crippen molar-refractivity contribution in [2.24, 2.45) is 0 Å². The molecule has 2 aromatic carbocycles.